The molecule has 0 bridgehead atoms. The van der Waals surface area contributed by atoms with Crippen LogP contribution < -0.4 is 5.73 Å². The average Bonchev–Trinajstić information content (AvgIpc) is 2.56. The van der Waals surface area contributed by atoms with Crippen LogP contribution in [0.3, 0.4) is 0 Å². The normalized spacial score (nSPS) is 26.6. The van der Waals surface area contributed by atoms with Crippen molar-refractivity contribution in [2.45, 2.75) is 38.5 Å². The summed E-state index contributed by atoms with van der Waals surface area (Å²) in [7, 11) is 0. The van der Waals surface area contributed by atoms with Gasteiger partial charge < -0.3 is 5.73 Å². The van der Waals surface area contributed by atoms with Crippen LogP contribution in [0.2, 0.25) is 4.34 Å². The highest BCUT2D eigenvalue weighted by Crippen LogP contribution is 2.33. The molecular formula is C13H20ClNS. The van der Waals surface area contributed by atoms with Crippen LogP contribution >= 0.6 is 22.9 Å². The highest BCUT2D eigenvalue weighted by atomic mass is 35.5. The van der Waals surface area contributed by atoms with Crippen molar-refractivity contribution in [1.29, 1.82) is 0 Å². The molecule has 1 aliphatic rings. The molecule has 0 aliphatic heterocycles. The number of thiophene rings is 1. The third-order valence-electron chi connectivity index (χ3n) is 3.71. The molecule has 1 aliphatic carbocycles. The first-order chi connectivity index (χ1) is 7.79. The average molecular weight is 258 g/mol. The number of halogens is 1. The molecule has 1 aromatic heterocycles. The van der Waals surface area contributed by atoms with E-state index in [0.717, 1.165) is 22.7 Å². The predicted molar refractivity (Wildman–Crippen MR) is 72.2 cm³/mol. The lowest BCUT2D eigenvalue weighted by Crippen LogP contribution is -2.23. The minimum absolute atomic E-state index is 0.725. The second kappa shape index (κ2) is 6.04. The number of hydrogen-bond acceptors (Lipinski definition) is 2. The number of rotatable bonds is 3. The van der Waals surface area contributed by atoms with Crippen LogP contribution in [-0.4, -0.2) is 6.54 Å². The summed E-state index contributed by atoms with van der Waals surface area (Å²) in [5.74, 6) is 1.51. The van der Waals surface area contributed by atoms with Crippen LogP contribution in [0.1, 0.15) is 37.0 Å². The van der Waals surface area contributed by atoms with E-state index in [0.29, 0.717) is 0 Å². The van der Waals surface area contributed by atoms with Gasteiger partial charge in [-0.1, -0.05) is 30.9 Å². The van der Waals surface area contributed by atoms with E-state index in [1.807, 2.05) is 6.07 Å². The third kappa shape index (κ3) is 3.22. The molecule has 0 spiro atoms. The lowest BCUT2D eigenvalue weighted by Gasteiger charge is -2.23. The van der Waals surface area contributed by atoms with Crippen molar-refractivity contribution in [1.82, 2.24) is 0 Å². The maximum Gasteiger partial charge on any atom is 0.0931 e. The van der Waals surface area contributed by atoms with Crippen molar-refractivity contribution in [2.75, 3.05) is 6.54 Å². The molecule has 0 amide bonds. The highest BCUT2D eigenvalue weighted by molar-refractivity contribution is 7.16. The Kier molecular flexibility index (Phi) is 4.68. The Labute approximate surface area is 107 Å². The van der Waals surface area contributed by atoms with Gasteiger partial charge in [0.1, 0.15) is 0 Å². The fourth-order valence-electron chi connectivity index (χ4n) is 2.76. The second-order valence-corrected chi connectivity index (χ2v) is 6.60. The Hall–Kier alpha value is -0.0500. The topological polar surface area (TPSA) is 26.0 Å². The van der Waals surface area contributed by atoms with Crippen LogP contribution in [0, 0.1) is 11.8 Å². The van der Waals surface area contributed by atoms with Gasteiger partial charge in [0.15, 0.2) is 0 Å². The zero-order valence-electron chi connectivity index (χ0n) is 9.62. The van der Waals surface area contributed by atoms with Crippen molar-refractivity contribution in [2.24, 2.45) is 17.6 Å². The maximum absolute atomic E-state index is 5.97. The van der Waals surface area contributed by atoms with Crippen molar-refractivity contribution < 1.29 is 0 Å². The molecule has 0 saturated heterocycles. The monoisotopic (exact) mass is 257 g/mol. The summed E-state index contributed by atoms with van der Waals surface area (Å²) in [5, 5.41) is 0. The molecule has 2 rings (SSSR count). The first-order valence-electron chi connectivity index (χ1n) is 6.24. The van der Waals surface area contributed by atoms with Crippen molar-refractivity contribution in [3.8, 4) is 0 Å². The van der Waals surface area contributed by atoms with Crippen LogP contribution in [-0.2, 0) is 6.42 Å². The van der Waals surface area contributed by atoms with Gasteiger partial charge in [-0.15, -0.1) is 11.3 Å². The summed E-state index contributed by atoms with van der Waals surface area (Å²) in [5.41, 5.74) is 5.90. The molecule has 2 N–H and O–H groups in total. The molecule has 0 radical (unpaired) electrons. The largest absolute Gasteiger partial charge is 0.330 e. The van der Waals surface area contributed by atoms with E-state index < -0.39 is 0 Å². The van der Waals surface area contributed by atoms with E-state index in [1.165, 1.54) is 43.4 Å². The van der Waals surface area contributed by atoms with Crippen LogP contribution in [0.4, 0.5) is 0 Å². The molecular weight excluding hydrogens is 238 g/mol. The van der Waals surface area contributed by atoms with E-state index >= 15 is 0 Å². The van der Waals surface area contributed by atoms with Crippen LogP contribution in [0.5, 0.6) is 0 Å². The molecule has 16 heavy (non-hydrogen) atoms. The lowest BCUT2D eigenvalue weighted by atomic mass is 9.85. The summed E-state index contributed by atoms with van der Waals surface area (Å²) in [6.45, 7) is 0.851. The molecule has 1 heterocycles. The number of hydrogen-bond donors (Lipinski definition) is 1. The highest BCUT2D eigenvalue weighted by Gasteiger charge is 2.23. The Morgan fingerprint density at radius 2 is 1.94 bits per heavy atom. The van der Waals surface area contributed by atoms with E-state index in [2.05, 4.69) is 6.07 Å². The van der Waals surface area contributed by atoms with Crippen molar-refractivity contribution >= 4 is 22.9 Å². The molecule has 1 nitrogen and oxygen atoms in total. The Balaban J connectivity index is 1.99. The SMILES string of the molecule is NCC1CCCCCC1Cc1ccc(Cl)s1. The predicted octanol–water partition coefficient (Wildman–Crippen LogP) is 4.10. The van der Waals surface area contributed by atoms with Gasteiger partial charge in [0.05, 0.1) is 4.34 Å². The fourth-order valence-corrected chi connectivity index (χ4v) is 3.94. The molecule has 90 valence electrons. The smallest absolute Gasteiger partial charge is 0.0931 e. The molecule has 1 fully saturated rings. The summed E-state index contributed by atoms with van der Waals surface area (Å²) in [6, 6.07) is 4.18. The quantitative estimate of drug-likeness (QED) is 0.811. The maximum atomic E-state index is 5.97. The van der Waals surface area contributed by atoms with E-state index in [1.54, 1.807) is 11.3 Å². The molecule has 1 saturated carbocycles. The zero-order chi connectivity index (χ0) is 11.4. The first kappa shape index (κ1) is 12.4. The Bertz CT molecular complexity index is 323. The standard InChI is InChI=1S/C13H20ClNS/c14-13-7-6-12(16-13)8-10-4-2-1-3-5-11(10)9-15/h6-7,10-11H,1-5,8-9,15H2. The summed E-state index contributed by atoms with van der Waals surface area (Å²) >= 11 is 7.70. The van der Waals surface area contributed by atoms with Crippen molar-refractivity contribution in [3.63, 3.8) is 0 Å². The van der Waals surface area contributed by atoms with Gasteiger partial charge in [0, 0.05) is 4.88 Å². The van der Waals surface area contributed by atoms with Gasteiger partial charge in [-0.2, -0.15) is 0 Å². The molecule has 0 aromatic carbocycles. The van der Waals surface area contributed by atoms with Gasteiger partial charge in [-0.25, -0.2) is 0 Å². The molecule has 3 heteroatoms. The third-order valence-corrected chi connectivity index (χ3v) is 4.96. The fraction of sp³-hybridized carbons (Fsp3) is 0.692. The Morgan fingerprint density at radius 3 is 2.56 bits per heavy atom. The van der Waals surface area contributed by atoms with Gasteiger partial charge in [0.25, 0.3) is 0 Å². The summed E-state index contributed by atoms with van der Waals surface area (Å²) in [4.78, 5) is 1.43. The second-order valence-electron chi connectivity index (χ2n) is 4.80. The Morgan fingerprint density at radius 1 is 1.19 bits per heavy atom. The van der Waals surface area contributed by atoms with Crippen LogP contribution in [0.25, 0.3) is 0 Å². The first-order valence-corrected chi connectivity index (χ1v) is 7.43. The minimum atomic E-state index is 0.725. The van der Waals surface area contributed by atoms with Gasteiger partial charge in [-0.3, -0.25) is 0 Å². The van der Waals surface area contributed by atoms with Gasteiger partial charge in [0.2, 0.25) is 0 Å². The summed E-state index contributed by atoms with van der Waals surface area (Å²) < 4.78 is 0.910. The van der Waals surface area contributed by atoms with E-state index in [4.69, 9.17) is 17.3 Å². The lowest BCUT2D eigenvalue weighted by molar-refractivity contribution is 0.320. The van der Waals surface area contributed by atoms with Crippen LogP contribution in [0.15, 0.2) is 12.1 Å². The van der Waals surface area contributed by atoms with Gasteiger partial charge in [-0.05, 0) is 49.8 Å². The van der Waals surface area contributed by atoms with E-state index in [9.17, 15) is 0 Å². The molecule has 2 unspecified atom stereocenters. The zero-order valence-corrected chi connectivity index (χ0v) is 11.2. The van der Waals surface area contributed by atoms with E-state index in [-0.39, 0.29) is 0 Å². The summed E-state index contributed by atoms with van der Waals surface area (Å²) in [6.07, 6.45) is 7.97. The van der Waals surface area contributed by atoms with Gasteiger partial charge >= 0.3 is 0 Å². The minimum Gasteiger partial charge on any atom is -0.330 e. The number of nitrogens with two attached hydrogens (primary N) is 1. The van der Waals surface area contributed by atoms with Crippen molar-refractivity contribution in [3.05, 3.63) is 21.3 Å². The molecule has 2 atom stereocenters. The molecule has 1 aromatic rings.